The number of rotatable bonds is 7. The third-order valence-corrected chi connectivity index (χ3v) is 3.84. The van der Waals surface area contributed by atoms with Gasteiger partial charge in [-0.05, 0) is 42.3 Å². The van der Waals surface area contributed by atoms with Crippen LogP contribution in [0.5, 0.6) is 11.5 Å². The Bertz CT molecular complexity index is 804. The van der Waals surface area contributed by atoms with Crippen molar-refractivity contribution in [3.8, 4) is 11.5 Å². The molecule has 0 radical (unpaired) electrons. The number of halogens is 4. The van der Waals surface area contributed by atoms with E-state index < -0.39 is 6.61 Å². The molecule has 0 unspecified atom stereocenters. The highest BCUT2D eigenvalue weighted by Gasteiger charge is 2.11. The van der Waals surface area contributed by atoms with Crippen molar-refractivity contribution in [2.45, 2.75) is 26.6 Å². The van der Waals surface area contributed by atoms with Gasteiger partial charge in [-0.1, -0.05) is 12.1 Å². The van der Waals surface area contributed by atoms with Gasteiger partial charge in [0.2, 0.25) is 0 Å². The van der Waals surface area contributed by atoms with E-state index >= 15 is 0 Å². The minimum absolute atomic E-state index is 0. The fourth-order valence-electron chi connectivity index (χ4n) is 2.43. The number of methoxy groups -OCH3 is 1. The molecule has 0 saturated heterocycles. The van der Waals surface area contributed by atoms with E-state index in [2.05, 4.69) is 20.4 Å². The molecule has 0 saturated carbocycles. The molecule has 0 bridgehead atoms. The minimum Gasteiger partial charge on any atom is -0.497 e. The van der Waals surface area contributed by atoms with E-state index in [-0.39, 0.29) is 42.1 Å². The smallest absolute Gasteiger partial charge is 0.387 e. The number of alkyl halides is 2. The number of guanidine groups is 1. The van der Waals surface area contributed by atoms with Crippen LogP contribution in [0.3, 0.4) is 0 Å². The summed E-state index contributed by atoms with van der Waals surface area (Å²) in [6.07, 6.45) is 0. The lowest BCUT2D eigenvalue weighted by atomic mass is 10.1. The van der Waals surface area contributed by atoms with Crippen LogP contribution in [-0.4, -0.2) is 26.7 Å². The summed E-state index contributed by atoms with van der Waals surface area (Å²) in [7, 11) is 3.08. The number of aliphatic imine (C=N–C) groups is 1. The summed E-state index contributed by atoms with van der Waals surface area (Å²) >= 11 is 0. The summed E-state index contributed by atoms with van der Waals surface area (Å²) in [6, 6.07) is 9.42. The van der Waals surface area contributed by atoms with Gasteiger partial charge in [-0.15, -0.1) is 24.0 Å². The molecule has 0 atom stereocenters. The summed E-state index contributed by atoms with van der Waals surface area (Å²) < 4.78 is 48.2. The highest BCUT2D eigenvalue weighted by atomic mass is 127. The monoisotopic (exact) mass is 509 g/mol. The molecular formula is C19H23F3IN3O2. The Morgan fingerprint density at radius 2 is 1.82 bits per heavy atom. The largest absolute Gasteiger partial charge is 0.497 e. The zero-order chi connectivity index (χ0) is 19.8. The molecule has 28 heavy (non-hydrogen) atoms. The van der Waals surface area contributed by atoms with Crippen LogP contribution < -0.4 is 20.1 Å². The van der Waals surface area contributed by atoms with Crippen LogP contribution in [0.1, 0.15) is 16.7 Å². The van der Waals surface area contributed by atoms with Gasteiger partial charge in [0.05, 0.1) is 7.11 Å². The number of ether oxygens (including phenoxy) is 2. The molecular weight excluding hydrogens is 486 g/mol. The molecule has 0 fully saturated rings. The summed E-state index contributed by atoms with van der Waals surface area (Å²) in [5, 5.41) is 6.12. The lowest BCUT2D eigenvalue weighted by Crippen LogP contribution is -2.36. The van der Waals surface area contributed by atoms with Crippen LogP contribution in [0.4, 0.5) is 13.2 Å². The molecule has 0 aliphatic heterocycles. The van der Waals surface area contributed by atoms with Crippen molar-refractivity contribution in [2.24, 2.45) is 4.99 Å². The lowest BCUT2D eigenvalue weighted by Gasteiger charge is -2.15. The molecule has 9 heteroatoms. The number of hydrogen-bond donors (Lipinski definition) is 2. The van der Waals surface area contributed by atoms with E-state index in [1.165, 1.54) is 19.2 Å². The first-order chi connectivity index (χ1) is 12.9. The first kappa shape index (κ1) is 23.9. The normalized spacial score (nSPS) is 11.0. The summed E-state index contributed by atoms with van der Waals surface area (Å²) in [6.45, 7) is -0.601. The van der Waals surface area contributed by atoms with Gasteiger partial charge in [0.1, 0.15) is 17.3 Å². The summed E-state index contributed by atoms with van der Waals surface area (Å²) in [5.74, 6) is 0.787. The topological polar surface area (TPSA) is 54.9 Å². The Hall–Kier alpha value is -2.17. The highest BCUT2D eigenvalue weighted by molar-refractivity contribution is 14.0. The Kier molecular flexibility index (Phi) is 9.91. The first-order valence-corrected chi connectivity index (χ1v) is 8.24. The van der Waals surface area contributed by atoms with E-state index in [0.717, 1.165) is 5.56 Å². The molecule has 0 spiro atoms. The van der Waals surface area contributed by atoms with E-state index in [1.807, 2.05) is 0 Å². The number of benzene rings is 2. The average molecular weight is 509 g/mol. The second-order valence-corrected chi connectivity index (χ2v) is 5.72. The lowest BCUT2D eigenvalue weighted by molar-refractivity contribution is -0.0504. The predicted octanol–water partition coefficient (Wildman–Crippen LogP) is 4.23. The second kappa shape index (κ2) is 11.6. The molecule has 2 aromatic carbocycles. The first-order valence-electron chi connectivity index (χ1n) is 8.24. The molecule has 0 aliphatic carbocycles. The molecule has 0 heterocycles. The van der Waals surface area contributed by atoms with E-state index in [9.17, 15) is 13.2 Å². The van der Waals surface area contributed by atoms with Gasteiger partial charge in [-0.3, -0.25) is 4.99 Å². The Balaban J connectivity index is 0.00000392. The fraction of sp³-hybridized carbons (Fsp3) is 0.316. The molecule has 0 aliphatic rings. The van der Waals surface area contributed by atoms with Gasteiger partial charge < -0.3 is 20.1 Å². The molecule has 154 valence electrons. The number of aryl methyl sites for hydroxylation is 1. The maximum atomic E-state index is 13.3. The number of nitrogens with zero attached hydrogens (tertiary/aromatic N) is 1. The van der Waals surface area contributed by atoms with Crippen LogP contribution in [0, 0.1) is 12.7 Å². The van der Waals surface area contributed by atoms with Crippen LogP contribution in [0.2, 0.25) is 0 Å². The van der Waals surface area contributed by atoms with Crippen molar-refractivity contribution in [3.63, 3.8) is 0 Å². The minimum atomic E-state index is -2.92. The standard InChI is InChI=1S/C19H22F3N3O2.HI/c1-12-8-13(4-6-16(12)20)10-24-19(23-2)25-11-14-9-15(26-3)5-7-17(14)27-18(21)22;/h4-9,18H,10-11H2,1-3H3,(H2,23,24,25);1H. The maximum absolute atomic E-state index is 13.3. The van der Waals surface area contributed by atoms with Crippen molar-refractivity contribution < 1.29 is 22.6 Å². The van der Waals surface area contributed by atoms with Crippen LogP contribution >= 0.6 is 24.0 Å². The van der Waals surface area contributed by atoms with Crippen LogP contribution in [-0.2, 0) is 13.1 Å². The third kappa shape index (κ3) is 7.10. The maximum Gasteiger partial charge on any atom is 0.387 e. The van der Waals surface area contributed by atoms with E-state index in [1.54, 1.807) is 38.2 Å². The number of hydrogen-bond acceptors (Lipinski definition) is 3. The van der Waals surface area contributed by atoms with Gasteiger partial charge >= 0.3 is 6.61 Å². The molecule has 5 nitrogen and oxygen atoms in total. The van der Waals surface area contributed by atoms with E-state index in [0.29, 0.717) is 29.4 Å². The molecule has 2 rings (SSSR count). The fourth-order valence-corrected chi connectivity index (χ4v) is 2.43. The van der Waals surface area contributed by atoms with Crippen molar-refractivity contribution in [1.82, 2.24) is 10.6 Å². The van der Waals surface area contributed by atoms with Gasteiger partial charge in [0.15, 0.2) is 5.96 Å². The highest BCUT2D eigenvalue weighted by Crippen LogP contribution is 2.25. The quantitative estimate of drug-likeness (QED) is 0.334. The molecule has 0 aromatic heterocycles. The van der Waals surface area contributed by atoms with Gasteiger partial charge in [-0.25, -0.2) is 4.39 Å². The van der Waals surface area contributed by atoms with E-state index in [4.69, 9.17) is 4.74 Å². The average Bonchev–Trinajstić information content (AvgIpc) is 2.65. The summed E-state index contributed by atoms with van der Waals surface area (Å²) in [4.78, 5) is 4.09. The Morgan fingerprint density at radius 3 is 2.43 bits per heavy atom. The van der Waals surface area contributed by atoms with Crippen molar-refractivity contribution in [2.75, 3.05) is 14.2 Å². The third-order valence-electron chi connectivity index (χ3n) is 3.84. The van der Waals surface area contributed by atoms with Crippen molar-refractivity contribution >= 4 is 29.9 Å². The Labute approximate surface area is 179 Å². The van der Waals surface area contributed by atoms with Gasteiger partial charge in [0, 0.05) is 25.7 Å². The van der Waals surface area contributed by atoms with Gasteiger partial charge in [-0.2, -0.15) is 8.78 Å². The molecule has 2 aromatic rings. The zero-order valence-electron chi connectivity index (χ0n) is 15.8. The summed E-state index contributed by atoms with van der Waals surface area (Å²) in [5.41, 5.74) is 1.94. The van der Waals surface area contributed by atoms with Crippen molar-refractivity contribution in [1.29, 1.82) is 0 Å². The Morgan fingerprint density at radius 1 is 1.11 bits per heavy atom. The molecule has 2 N–H and O–H groups in total. The predicted molar refractivity (Wildman–Crippen MR) is 113 cm³/mol. The number of nitrogens with one attached hydrogen (secondary N) is 2. The van der Waals surface area contributed by atoms with Crippen molar-refractivity contribution in [3.05, 3.63) is 58.9 Å². The zero-order valence-corrected chi connectivity index (χ0v) is 18.1. The van der Waals surface area contributed by atoms with Gasteiger partial charge in [0.25, 0.3) is 0 Å². The second-order valence-electron chi connectivity index (χ2n) is 5.72. The van der Waals surface area contributed by atoms with Crippen LogP contribution in [0.15, 0.2) is 41.4 Å². The molecule has 0 amide bonds. The van der Waals surface area contributed by atoms with Crippen LogP contribution in [0.25, 0.3) is 0 Å². The SMILES string of the molecule is CN=C(NCc1ccc(F)c(C)c1)NCc1cc(OC)ccc1OC(F)F.I.